The minimum Gasteiger partial charge on any atom is -0.331 e. The molecule has 0 aliphatic carbocycles. The summed E-state index contributed by atoms with van der Waals surface area (Å²) in [5.74, 6) is 0.104. The third-order valence-corrected chi connectivity index (χ3v) is 3.33. The Morgan fingerprint density at radius 1 is 0.895 bits per heavy atom. The smallest absolute Gasteiger partial charge is 0.246 e. The minimum atomic E-state index is 0.104. The average Bonchev–Trinajstić information content (AvgIpc) is 2.86. The standard InChI is InChI=1S/C17H15NO/c19-17-7-4-12-18(17)13-14-8-10-16(11-9-14)15-5-2-1-3-6-15/h1-11H,12-13H2. The second-order valence-electron chi connectivity index (χ2n) is 4.68. The van der Waals surface area contributed by atoms with Crippen LogP contribution in [0.1, 0.15) is 5.56 Å². The van der Waals surface area contributed by atoms with Gasteiger partial charge in [0.25, 0.3) is 0 Å². The zero-order chi connectivity index (χ0) is 13.1. The molecule has 3 rings (SSSR count). The molecule has 1 aliphatic heterocycles. The molecule has 2 nitrogen and oxygen atoms in total. The maximum absolute atomic E-state index is 11.5. The molecule has 0 fully saturated rings. The van der Waals surface area contributed by atoms with Gasteiger partial charge in [0, 0.05) is 19.2 Å². The van der Waals surface area contributed by atoms with Crippen molar-refractivity contribution in [2.45, 2.75) is 6.54 Å². The van der Waals surface area contributed by atoms with Crippen molar-refractivity contribution in [1.29, 1.82) is 0 Å². The van der Waals surface area contributed by atoms with E-state index in [9.17, 15) is 4.79 Å². The molecule has 0 N–H and O–H groups in total. The van der Waals surface area contributed by atoms with Crippen LogP contribution < -0.4 is 0 Å². The summed E-state index contributed by atoms with van der Waals surface area (Å²) in [4.78, 5) is 13.3. The number of hydrogen-bond acceptors (Lipinski definition) is 1. The summed E-state index contributed by atoms with van der Waals surface area (Å²) in [5.41, 5.74) is 3.58. The van der Waals surface area contributed by atoms with Crippen LogP contribution in [0.5, 0.6) is 0 Å². The van der Waals surface area contributed by atoms with E-state index in [4.69, 9.17) is 0 Å². The first kappa shape index (κ1) is 11.7. The lowest BCUT2D eigenvalue weighted by atomic mass is 10.0. The summed E-state index contributed by atoms with van der Waals surface area (Å²) in [6, 6.07) is 18.7. The van der Waals surface area contributed by atoms with Crippen molar-refractivity contribution in [3.05, 3.63) is 72.3 Å². The summed E-state index contributed by atoms with van der Waals surface area (Å²) in [5, 5.41) is 0. The number of rotatable bonds is 3. The molecule has 1 heterocycles. The Kier molecular flexibility index (Phi) is 3.15. The third kappa shape index (κ3) is 2.58. The molecule has 2 aromatic rings. The zero-order valence-corrected chi connectivity index (χ0v) is 10.6. The predicted molar refractivity (Wildman–Crippen MR) is 76.4 cm³/mol. The van der Waals surface area contributed by atoms with Gasteiger partial charge in [-0.15, -0.1) is 0 Å². The average molecular weight is 249 g/mol. The molecule has 2 aromatic carbocycles. The molecule has 1 amide bonds. The van der Waals surface area contributed by atoms with Crippen LogP contribution >= 0.6 is 0 Å². The van der Waals surface area contributed by atoms with Crippen molar-refractivity contribution in [1.82, 2.24) is 4.90 Å². The highest BCUT2D eigenvalue weighted by atomic mass is 16.2. The Bertz CT molecular complexity index is 599. The molecule has 19 heavy (non-hydrogen) atoms. The number of carbonyl (C=O) groups is 1. The van der Waals surface area contributed by atoms with Crippen LogP contribution in [-0.2, 0) is 11.3 Å². The van der Waals surface area contributed by atoms with Crippen molar-refractivity contribution in [2.75, 3.05) is 6.54 Å². The predicted octanol–water partition coefficient (Wildman–Crippen LogP) is 3.25. The maximum Gasteiger partial charge on any atom is 0.246 e. The summed E-state index contributed by atoms with van der Waals surface area (Å²) in [6.07, 6.45) is 3.54. The molecule has 0 atom stereocenters. The third-order valence-electron chi connectivity index (χ3n) is 3.33. The molecular formula is C17H15NO. The molecule has 94 valence electrons. The van der Waals surface area contributed by atoms with Gasteiger partial charge in [0.05, 0.1) is 0 Å². The lowest BCUT2D eigenvalue weighted by Crippen LogP contribution is -2.24. The molecule has 0 unspecified atom stereocenters. The van der Waals surface area contributed by atoms with Gasteiger partial charge in [-0.2, -0.15) is 0 Å². The Labute approximate surface area is 113 Å². The van der Waals surface area contributed by atoms with Crippen molar-refractivity contribution in [3.63, 3.8) is 0 Å². The Morgan fingerprint density at radius 2 is 1.58 bits per heavy atom. The van der Waals surface area contributed by atoms with Crippen molar-refractivity contribution in [3.8, 4) is 11.1 Å². The van der Waals surface area contributed by atoms with Crippen LogP contribution in [0.4, 0.5) is 0 Å². The topological polar surface area (TPSA) is 20.3 Å². The molecule has 0 spiro atoms. The first-order valence-corrected chi connectivity index (χ1v) is 6.43. The minimum absolute atomic E-state index is 0.104. The van der Waals surface area contributed by atoms with Crippen LogP contribution in [0.2, 0.25) is 0 Å². The highest BCUT2D eigenvalue weighted by Crippen LogP contribution is 2.20. The van der Waals surface area contributed by atoms with Gasteiger partial charge < -0.3 is 4.90 Å². The lowest BCUT2D eigenvalue weighted by molar-refractivity contribution is -0.125. The first-order chi connectivity index (χ1) is 9.33. The van der Waals surface area contributed by atoms with E-state index in [1.54, 1.807) is 6.08 Å². The van der Waals surface area contributed by atoms with Gasteiger partial charge in [0.2, 0.25) is 5.91 Å². The zero-order valence-electron chi connectivity index (χ0n) is 10.6. The fourth-order valence-corrected chi connectivity index (χ4v) is 2.27. The fourth-order valence-electron chi connectivity index (χ4n) is 2.27. The van der Waals surface area contributed by atoms with E-state index in [-0.39, 0.29) is 5.91 Å². The van der Waals surface area contributed by atoms with E-state index in [2.05, 4.69) is 36.4 Å². The SMILES string of the molecule is O=C1C=CCN1Cc1ccc(-c2ccccc2)cc1. The highest BCUT2D eigenvalue weighted by molar-refractivity contribution is 5.89. The number of hydrogen-bond donors (Lipinski definition) is 0. The van der Waals surface area contributed by atoms with Gasteiger partial charge in [-0.1, -0.05) is 60.7 Å². The number of carbonyl (C=O) groups excluding carboxylic acids is 1. The van der Waals surface area contributed by atoms with E-state index < -0.39 is 0 Å². The van der Waals surface area contributed by atoms with Crippen LogP contribution in [0.3, 0.4) is 0 Å². The van der Waals surface area contributed by atoms with E-state index in [1.165, 1.54) is 11.1 Å². The first-order valence-electron chi connectivity index (χ1n) is 6.43. The van der Waals surface area contributed by atoms with Gasteiger partial charge in [0.15, 0.2) is 0 Å². The summed E-state index contributed by atoms with van der Waals surface area (Å²) in [6.45, 7) is 1.40. The van der Waals surface area contributed by atoms with Crippen LogP contribution in [0.15, 0.2) is 66.7 Å². The Balaban J connectivity index is 1.74. The van der Waals surface area contributed by atoms with Crippen LogP contribution in [0.25, 0.3) is 11.1 Å². The van der Waals surface area contributed by atoms with E-state index in [0.29, 0.717) is 6.54 Å². The van der Waals surface area contributed by atoms with Gasteiger partial charge in [-0.25, -0.2) is 0 Å². The van der Waals surface area contributed by atoms with Gasteiger partial charge in [0.1, 0.15) is 0 Å². The molecule has 2 heteroatoms. The fraction of sp³-hybridized carbons (Fsp3) is 0.118. The Morgan fingerprint density at radius 3 is 2.21 bits per heavy atom. The van der Waals surface area contributed by atoms with Crippen molar-refractivity contribution < 1.29 is 4.79 Å². The molecular weight excluding hydrogens is 234 g/mol. The van der Waals surface area contributed by atoms with Crippen molar-refractivity contribution in [2.24, 2.45) is 0 Å². The van der Waals surface area contributed by atoms with E-state index in [0.717, 1.165) is 12.1 Å². The molecule has 1 aliphatic rings. The van der Waals surface area contributed by atoms with E-state index in [1.807, 2.05) is 29.2 Å². The monoisotopic (exact) mass is 249 g/mol. The van der Waals surface area contributed by atoms with Crippen LogP contribution in [0, 0.1) is 0 Å². The van der Waals surface area contributed by atoms with Gasteiger partial charge >= 0.3 is 0 Å². The number of benzene rings is 2. The quantitative estimate of drug-likeness (QED) is 0.817. The molecule has 0 saturated carbocycles. The largest absolute Gasteiger partial charge is 0.331 e. The number of amides is 1. The second-order valence-corrected chi connectivity index (χ2v) is 4.68. The summed E-state index contributed by atoms with van der Waals surface area (Å²) >= 11 is 0. The normalized spacial score (nSPS) is 14.1. The molecule has 0 radical (unpaired) electrons. The van der Waals surface area contributed by atoms with Crippen LogP contribution in [-0.4, -0.2) is 17.4 Å². The summed E-state index contributed by atoms with van der Waals surface area (Å²) in [7, 11) is 0. The highest BCUT2D eigenvalue weighted by Gasteiger charge is 2.14. The second kappa shape index (κ2) is 5.11. The molecule has 0 aromatic heterocycles. The van der Waals surface area contributed by atoms with Gasteiger partial charge in [-0.05, 0) is 16.7 Å². The van der Waals surface area contributed by atoms with E-state index >= 15 is 0 Å². The van der Waals surface area contributed by atoms with Crippen molar-refractivity contribution >= 4 is 5.91 Å². The Hall–Kier alpha value is -2.35. The number of nitrogens with zero attached hydrogens (tertiary/aromatic N) is 1. The molecule has 0 saturated heterocycles. The maximum atomic E-state index is 11.5. The summed E-state index contributed by atoms with van der Waals surface area (Å²) < 4.78 is 0. The molecule has 0 bridgehead atoms. The lowest BCUT2D eigenvalue weighted by Gasteiger charge is -2.15. The van der Waals surface area contributed by atoms with Gasteiger partial charge in [-0.3, -0.25) is 4.79 Å².